The van der Waals surface area contributed by atoms with Gasteiger partial charge in [0.2, 0.25) is 0 Å². The van der Waals surface area contributed by atoms with Crippen molar-refractivity contribution in [1.29, 1.82) is 0 Å². The van der Waals surface area contributed by atoms with Crippen LogP contribution in [0.2, 0.25) is 0 Å². The van der Waals surface area contributed by atoms with Crippen molar-refractivity contribution in [2.75, 3.05) is 19.7 Å². The maximum atomic E-state index is 13.0. The van der Waals surface area contributed by atoms with Crippen molar-refractivity contribution >= 4 is 11.3 Å². The molecule has 1 fully saturated rings. The van der Waals surface area contributed by atoms with E-state index in [9.17, 15) is 8.78 Å². The van der Waals surface area contributed by atoms with E-state index in [0.717, 1.165) is 11.6 Å². The summed E-state index contributed by atoms with van der Waals surface area (Å²) in [6.07, 6.45) is -2.58. The molecular weight excluding hydrogens is 282 g/mol. The number of thiazole rings is 1. The van der Waals surface area contributed by atoms with Crippen molar-refractivity contribution < 1.29 is 13.5 Å². The molecule has 3 nitrogen and oxygen atoms in total. The Kier molecular flexibility index (Phi) is 4.05. The second kappa shape index (κ2) is 5.95. The third kappa shape index (κ3) is 2.72. The lowest BCUT2D eigenvalue weighted by molar-refractivity contribution is 0.0276. The number of hydrogen-bond donors (Lipinski definition) is 1. The van der Waals surface area contributed by atoms with Crippen LogP contribution in [-0.2, 0) is 4.74 Å². The molecule has 2 heterocycles. The van der Waals surface area contributed by atoms with Gasteiger partial charge in [-0.1, -0.05) is 24.3 Å². The molecule has 2 aromatic rings. The van der Waals surface area contributed by atoms with Gasteiger partial charge in [-0.05, 0) is 0 Å². The second-order valence-corrected chi connectivity index (χ2v) is 5.41. The predicted octanol–water partition coefficient (Wildman–Crippen LogP) is 3.41. The fraction of sp³-hybridized carbons (Fsp3) is 0.357. The Bertz CT molecular complexity index is 582. The zero-order chi connectivity index (χ0) is 13.9. The minimum Gasteiger partial charge on any atom is -0.368 e. The van der Waals surface area contributed by atoms with Crippen LogP contribution in [0, 0.1) is 0 Å². The molecule has 20 heavy (non-hydrogen) atoms. The first-order valence-electron chi connectivity index (χ1n) is 6.41. The van der Waals surface area contributed by atoms with E-state index >= 15 is 0 Å². The highest BCUT2D eigenvalue weighted by molar-refractivity contribution is 7.10. The predicted molar refractivity (Wildman–Crippen MR) is 74.1 cm³/mol. The molecule has 6 heteroatoms. The lowest BCUT2D eigenvalue weighted by Gasteiger charge is -2.21. The van der Waals surface area contributed by atoms with Gasteiger partial charge in [0.05, 0.1) is 12.3 Å². The molecule has 0 amide bonds. The molecule has 0 radical (unpaired) electrons. The number of morpholine rings is 1. The van der Waals surface area contributed by atoms with Crippen LogP contribution in [0.3, 0.4) is 0 Å². The largest absolute Gasteiger partial charge is 0.368 e. The maximum absolute atomic E-state index is 13.0. The number of nitrogens with one attached hydrogen (secondary N) is 1. The first-order valence-corrected chi connectivity index (χ1v) is 7.29. The molecule has 1 aromatic carbocycles. The van der Waals surface area contributed by atoms with E-state index in [-0.39, 0.29) is 11.7 Å². The van der Waals surface area contributed by atoms with Gasteiger partial charge in [-0.3, -0.25) is 0 Å². The fourth-order valence-electron chi connectivity index (χ4n) is 2.20. The van der Waals surface area contributed by atoms with E-state index < -0.39 is 6.43 Å². The number of nitrogens with zero attached hydrogens (tertiary/aromatic N) is 1. The summed E-state index contributed by atoms with van der Waals surface area (Å²) < 4.78 is 31.7. The van der Waals surface area contributed by atoms with Gasteiger partial charge < -0.3 is 10.1 Å². The van der Waals surface area contributed by atoms with Crippen LogP contribution in [0.4, 0.5) is 8.78 Å². The molecule has 0 saturated carbocycles. The summed E-state index contributed by atoms with van der Waals surface area (Å²) in [7, 11) is 0. The molecule has 1 aliphatic heterocycles. The average molecular weight is 296 g/mol. The van der Waals surface area contributed by atoms with Gasteiger partial charge in [-0.2, -0.15) is 0 Å². The van der Waals surface area contributed by atoms with E-state index in [1.807, 2.05) is 5.38 Å². The minimum atomic E-state index is -2.50. The Balaban J connectivity index is 1.90. The number of halogens is 2. The van der Waals surface area contributed by atoms with E-state index in [0.29, 0.717) is 24.4 Å². The molecule has 3 rings (SSSR count). The van der Waals surface area contributed by atoms with Crippen molar-refractivity contribution in [3.05, 3.63) is 40.2 Å². The smallest absolute Gasteiger partial charge is 0.264 e. The Morgan fingerprint density at radius 3 is 2.95 bits per heavy atom. The molecule has 1 N–H and O–H groups in total. The fourth-order valence-corrected chi connectivity index (χ4v) is 3.07. The number of aromatic nitrogens is 1. The van der Waals surface area contributed by atoms with Gasteiger partial charge >= 0.3 is 0 Å². The third-order valence-corrected chi connectivity index (χ3v) is 4.13. The summed E-state index contributed by atoms with van der Waals surface area (Å²) >= 11 is 1.45. The standard InChI is InChI=1S/C14H14F2N2OS/c15-13(16)10-4-2-1-3-9(10)11-8-20-14(18-11)12-7-17-5-6-19-12/h1-4,8,12-13,17H,5-7H2/t12-/m1/s1. The zero-order valence-electron chi connectivity index (χ0n) is 10.7. The molecule has 0 unspecified atom stereocenters. The number of benzene rings is 1. The van der Waals surface area contributed by atoms with Crippen molar-refractivity contribution in [1.82, 2.24) is 10.3 Å². The van der Waals surface area contributed by atoms with Gasteiger partial charge in [0, 0.05) is 29.6 Å². The highest BCUT2D eigenvalue weighted by Gasteiger charge is 2.21. The quantitative estimate of drug-likeness (QED) is 0.942. The molecule has 1 saturated heterocycles. The average Bonchev–Trinajstić information content (AvgIpc) is 2.98. The van der Waals surface area contributed by atoms with Gasteiger partial charge in [-0.15, -0.1) is 11.3 Å². The van der Waals surface area contributed by atoms with Crippen LogP contribution in [0.25, 0.3) is 11.3 Å². The van der Waals surface area contributed by atoms with Crippen LogP contribution in [0.1, 0.15) is 23.1 Å². The highest BCUT2D eigenvalue weighted by atomic mass is 32.1. The van der Waals surface area contributed by atoms with Gasteiger partial charge in [0.25, 0.3) is 6.43 Å². The summed E-state index contributed by atoms with van der Waals surface area (Å²) in [6.45, 7) is 2.19. The summed E-state index contributed by atoms with van der Waals surface area (Å²) in [6, 6.07) is 6.49. The molecule has 1 atom stereocenters. The number of alkyl halides is 2. The first-order chi connectivity index (χ1) is 9.75. The molecule has 1 aliphatic rings. The van der Waals surface area contributed by atoms with Crippen molar-refractivity contribution in [3.8, 4) is 11.3 Å². The van der Waals surface area contributed by atoms with Gasteiger partial charge in [0.15, 0.2) is 0 Å². The van der Waals surface area contributed by atoms with Crippen LogP contribution in [0.15, 0.2) is 29.6 Å². The molecule has 0 spiro atoms. The van der Waals surface area contributed by atoms with Crippen LogP contribution in [-0.4, -0.2) is 24.7 Å². The van der Waals surface area contributed by atoms with Crippen LogP contribution in [0.5, 0.6) is 0 Å². The number of hydrogen-bond acceptors (Lipinski definition) is 4. The normalized spacial score (nSPS) is 19.4. The third-order valence-electron chi connectivity index (χ3n) is 3.20. The summed E-state index contributed by atoms with van der Waals surface area (Å²) in [5.74, 6) is 0. The van der Waals surface area contributed by atoms with E-state index in [1.54, 1.807) is 18.2 Å². The summed E-state index contributed by atoms with van der Waals surface area (Å²) in [4.78, 5) is 4.47. The Hall–Kier alpha value is -1.37. The number of ether oxygens (including phenoxy) is 1. The van der Waals surface area contributed by atoms with Crippen LogP contribution >= 0.6 is 11.3 Å². The molecule has 106 valence electrons. The SMILES string of the molecule is FC(F)c1ccccc1-c1csc([C@H]2CNCCO2)n1. The molecular formula is C14H14F2N2OS. The van der Waals surface area contributed by atoms with Crippen molar-refractivity contribution in [2.24, 2.45) is 0 Å². The summed E-state index contributed by atoms with van der Waals surface area (Å²) in [5, 5.41) is 5.88. The second-order valence-electron chi connectivity index (χ2n) is 4.52. The maximum Gasteiger partial charge on any atom is 0.264 e. The van der Waals surface area contributed by atoms with Crippen LogP contribution < -0.4 is 5.32 Å². The molecule has 0 bridgehead atoms. The van der Waals surface area contributed by atoms with Gasteiger partial charge in [0.1, 0.15) is 11.1 Å². The zero-order valence-corrected chi connectivity index (χ0v) is 11.5. The molecule has 0 aliphatic carbocycles. The highest BCUT2D eigenvalue weighted by Crippen LogP contribution is 2.33. The number of rotatable bonds is 3. The first kappa shape index (κ1) is 13.6. The van der Waals surface area contributed by atoms with E-state index in [1.165, 1.54) is 17.4 Å². The Morgan fingerprint density at radius 2 is 2.20 bits per heavy atom. The Morgan fingerprint density at radius 1 is 1.35 bits per heavy atom. The van der Waals surface area contributed by atoms with E-state index in [4.69, 9.17) is 4.74 Å². The topological polar surface area (TPSA) is 34.1 Å². The molecule has 1 aromatic heterocycles. The van der Waals surface area contributed by atoms with Gasteiger partial charge in [-0.25, -0.2) is 13.8 Å². The Labute approximate surface area is 119 Å². The minimum absolute atomic E-state index is 0.0204. The van der Waals surface area contributed by atoms with Crippen molar-refractivity contribution in [3.63, 3.8) is 0 Å². The lowest BCUT2D eigenvalue weighted by Crippen LogP contribution is -2.33. The van der Waals surface area contributed by atoms with E-state index in [2.05, 4.69) is 10.3 Å². The monoisotopic (exact) mass is 296 g/mol. The summed E-state index contributed by atoms with van der Waals surface area (Å²) in [5.41, 5.74) is 1.11. The lowest BCUT2D eigenvalue weighted by atomic mass is 10.1. The van der Waals surface area contributed by atoms with Crippen molar-refractivity contribution in [2.45, 2.75) is 12.5 Å².